The minimum absolute atomic E-state index is 0.0927. The summed E-state index contributed by atoms with van der Waals surface area (Å²) in [6.45, 7) is 3.21. The molecule has 0 fully saturated rings. The lowest BCUT2D eigenvalue weighted by atomic mass is 10.1. The second-order valence-corrected chi connectivity index (χ2v) is 9.74. The summed E-state index contributed by atoms with van der Waals surface area (Å²) in [6.07, 6.45) is 0. The summed E-state index contributed by atoms with van der Waals surface area (Å²) in [5.41, 5.74) is 2.49. The number of nitrogens with zero attached hydrogens (tertiary/aromatic N) is 1. The van der Waals surface area contributed by atoms with Crippen LogP contribution < -0.4 is 28.6 Å². The third kappa shape index (κ3) is 5.49. The van der Waals surface area contributed by atoms with Crippen molar-refractivity contribution in [1.82, 2.24) is 0 Å². The molecule has 1 N–H and O–H groups in total. The van der Waals surface area contributed by atoms with Gasteiger partial charge in [-0.3, -0.25) is 9.10 Å². The number of methoxy groups -OCH3 is 4. The number of hydrogen-bond acceptors (Lipinski definition) is 7. The summed E-state index contributed by atoms with van der Waals surface area (Å²) >= 11 is 0. The van der Waals surface area contributed by atoms with Crippen LogP contribution in [-0.4, -0.2) is 49.3 Å². The van der Waals surface area contributed by atoms with E-state index in [2.05, 4.69) is 5.32 Å². The van der Waals surface area contributed by atoms with Gasteiger partial charge in [0.05, 0.1) is 39.0 Å². The van der Waals surface area contributed by atoms with Gasteiger partial charge in [-0.25, -0.2) is 8.42 Å². The summed E-state index contributed by atoms with van der Waals surface area (Å²) in [6, 6.07) is 14.6. The molecule has 192 valence electrons. The van der Waals surface area contributed by atoms with E-state index < -0.39 is 22.5 Å². The minimum atomic E-state index is -4.28. The molecule has 0 aliphatic rings. The Morgan fingerprint density at radius 1 is 0.806 bits per heavy atom. The van der Waals surface area contributed by atoms with E-state index in [0.717, 1.165) is 15.4 Å². The van der Waals surface area contributed by atoms with Gasteiger partial charge in [-0.2, -0.15) is 0 Å². The highest BCUT2D eigenvalue weighted by molar-refractivity contribution is 7.92. The quantitative estimate of drug-likeness (QED) is 0.433. The van der Waals surface area contributed by atoms with Crippen LogP contribution in [0.3, 0.4) is 0 Å². The Morgan fingerprint density at radius 2 is 1.42 bits per heavy atom. The number of benzene rings is 3. The van der Waals surface area contributed by atoms with Crippen LogP contribution in [0.15, 0.2) is 59.5 Å². The van der Waals surface area contributed by atoms with E-state index in [9.17, 15) is 13.2 Å². The van der Waals surface area contributed by atoms with Gasteiger partial charge in [-0.1, -0.05) is 18.2 Å². The van der Waals surface area contributed by atoms with E-state index in [-0.39, 0.29) is 22.1 Å². The van der Waals surface area contributed by atoms with Gasteiger partial charge in [0.2, 0.25) is 5.91 Å². The van der Waals surface area contributed by atoms with E-state index in [4.69, 9.17) is 18.9 Å². The highest BCUT2D eigenvalue weighted by Crippen LogP contribution is 2.37. The maximum absolute atomic E-state index is 13.9. The summed E-state index contributed by atoms with van der Waals surface area (Å²) < 4.78 is 50.1. The topological polar surface area (TPSA) is 103 Å². The Kier molecular flexibility index (Phi) is 8.31. The third-order valence-corrected chi connectivity index (χ3v) is 7.39. The molecule has 0 spiro atoms. The monoisotopic (exact) mass is 514 g/mol. The van der Waals surface area contributed by atoms with Crippen LogP contribution in [0.25, 0.3) is 0 Å². The Balaban J connectivity index is 2.12. The number of amides is 1. The standard InChI is InChI=1S/C26H30N2O7S/c1-17-8-7-9-18(2)26(17)27-25(29)16-28(21-14-19(32-3)10-12-22(21)33-4)36(30,31)20-11-13-23(34-5)24(15-20)35-6/h7-15H,16H2,1-6H3,(H,27,29). The number of hydrogen-bond donors (Lipinski definition) is 1. The highest BCUT2D eigenvalue weighted by atomic mass is 32.2. The van der Waals surface area contributed by atoms with Crippen molar-refractivity contribution >= 4 is 27.3 Å². The number of aryl methyl sites for hydroxylation is 2. The van der Waals surface area contributed by atoms with Crippen LogP contribution in [-0.2, 0) is 14.8 Å². The van der Waals surface area contributed by atoms with E-state index in [0.29, 0.717) is 17.2 Å². The number of carbonyl (C=O) groups is 1. The van der Waals surface area contributed by atoms with E-state index >= 15 is 0 Å². The van der Waals surface area contributed by atoms with Crippen molar-refractivity contribution in [3.63, 3.8) is 0 Å². The first-order valence-corrected chi connectivity index (χ1v) is 12.4. The largest absolute Gasteiger partial charge is 0.497 e. The molecule has 9 nitrogen and oxygen atoms in total. The van der Waals surface area contributed by atoms with Crippen LogP contribution in [0.5, 0.6) is 23.0 Å². The second-order valence-electron chi connectivity index (χ2n) is 7.88. The highest BCUT2D eigenvalue weighted by Gasteiger charge is 2.31. The van der Waals surface area contributed by atoms with Gasteiger partial charge in [0, 0.05) is 17.8 Å². The molecule has 0 unspecified atom stereocenters. The number of carbonyl (C=O) groups excluding carboxylic acids is 1. The van der Waals surface area contributed by atoms with Gasteiger partial charge in [0.15, 0.2) is 11.5 Å². The molecular formula is C26H30N2O7S. The number of sulfonamides is 1. The lowest BCUT2D eigenvalue weighted by Gasteiger charge is -2.26. The zero-order chi connectivity index (χ0) is 26.5. The number of para-hydroxylation sites is 1. The molecule has 0 aromatic heterocycles. The molecule has 0 bridgehead atoms. The summed E-state index contributed by atoms with van der Waals surface area (Å²) in [4.78, 5) is 13.1. The molecule has 0 saturated carbocycles. The molecule has 0 aliphatic carbocycles. The first kappa shape index (κ1) is 26.7. The molecule has 0 aliphatic heterocycles. The Bertz CT molecular complexity index is 1340. The SMILES string of the molecule is COc1ccc(OC)c(N(CC(=O)Nc2c(C)cccc2C)S(=O)(=O)c2ccc(OC)c(OC)c2)c1. The molecule has 0 radical (unpaired) electrons. The Labute approximate surface area is 211 Å². The molecule has 3 rings (SSSR count). The van der Waals surface area contributed by atoms with Crippen LogP contribution in [0, 0.1) is 13.8 Å². The van der Waals surface area contributed by atoms with E-state index in [1.54, 1.807) is 12.1 Å². The smallest absolute Gasteiger partial charge is 0.265 e. The number of nitrogens with one attached hydrogen (secondary N) is 1. The number of rotatable bonds is 10. The van der Waals surface area contributed by atoms with Crippen LogP contribution in [0.2, 0.25) is 0 Å². The third-order valence-electron chi connectivity index (χ3n) is 5.63. The van der Waals surface area contributed by atoms with Crippen LogP contribution in [0.1, 0.15) is 11.1 Å². The van der Waals surface area contributed by atoms with Gasteiger partial charge in [-0.15, -0.1) is 0 Å². The first-order chi connectivity index (χ1) is 17.2. The van der Waals surface area contributed by atoms with Crippen molar-refractivity contribution in [3.05, 3.63) is 65.7 Å². The fourth-order valence-corrected chi connectivity index (χ4v) is 5.16. The molecule has 3 aromatic rings. The van der Waals surface area contributed by atoms with Gasteiger partial charge >= 0.3 is 0 Å². The van der Waals surface area contributed by atoms with Crippen LogP contribution in [0.4, 0.5) is 11.4 Å². The van der Waals surface area contributed by atoms with Gasteiger partial charge in [0.25, 0.3) is 10.0 Å². The molecule has 0 atom stereocenters. The molecule has 10 heteroatoms. The molecule has 0 heterocycles. The molecule has 0 saturated heterocycles. The fraction of sp³-hybridized carbons (Fsp3) is 0.269. The predicted octanol–water partition coefficient (Wildman–Crippen LogP) is 4.17. The van der Waals surface area contributed by atoms with Crippen molar-refractivity contribution in [2.45, 2.75) is 18.7 Å². The maximum Gasteiger partial charge on any atom is 0.265 e. The van der Waals surface area contributed by atoms with Gasteiger partial charge in [-0.05, 0) is 49.2 Å². The van der Waals surface area contributed by atoms with Gasteiger partial charge < -0.3 is 24.3 Å². The molecular weight excluding hydrogens is 484 g/mol. The molecule has 36 heavy (non-hydrogen) atoms. The van der Waals surface area contributed by atoms with Crippen LogP contribution >= 0.6 is 0 Å². The van der Waals surface area contributed by atoms with Crippen molar-refractivity contribution in [2.24, 2.45) is 0 Å². The van der Waals surface area contributed by atoms with Crippen molar-refractivity contribution < 1.29 is 32.2 Å². The number of ether oxygens (including phenoxy) is 4. The second kappa shape index (κ2) is 11.2. The van der Waals surface area contributed by atoms with E-state index in [1.807, 2.05) is 32.0 Å². The van der Waals surface area contributed by atoms with Crippen molar-refractivity contribution in [3.8, 4) is 23.0 Å². The van der Waals surface area contributed by atoms with Gasteiger partial charge in [0.1, 0.15) is 18.0 Å². The molecule has 3 aromatic carbocycles. The summed E-state index contributed by atoms with van der Waals surface area (Å²) in [5.74, 6) is 0.723. The van der Waals surface area contributed by atoms with E-state index in [1.165, 1.54) is 52.7 Å². The lowest BCUT2D eigenvalue weighted by Crippen LogP contribution is -2.38. The normalized spacial score (nSPS) is 10.9. The van der Waals surface area contributed by atoms with Crippen molar-refractivity contribution in [2.75, 3.05) is 44.6 Å². The van der Waals surface area contributed by atoms with Crippen molar-refractivity contribution in [1.29, 1.82) is 0 Å². The fourth-order valence-electron chi connectivity index (χ4n) is 3.72. The zero-order valence-electron chi connectivity index (χ0n) is 21.1. The number of anilines is 2. The average molecular weight is 515 g/mol. The Hall–Kier alpha value is -3.92. The average Bonchev–Trinajstić information content (AvgIpc) is 2.88. The maximum atomic E-state index is 13.9. The lowest BCUT2D eigenvalue weighted by molar-refractivity contribution is -0.114. The first-order valence-electron chi connectivity index (χ1n) is 11.0. The predicted molar refractivity (Wildman–Crippen MR) is 138 cm³/mol. The summed E-state index contributed by atoms with van der Waals surface area (Å²) in [5, 5.41) is 2.85. The minimum Gasteiger partial charge on any atom is -0.497 e. The Morgan fingerprint density at radius 3 is 2.00 bits per heavy atom. The molecule has 1 amide bonds. The summed E-state index contributed by atoms with van der Waals surface area (Å²) in [7, 11) is 1.48. The zero-order valence-corrected chi connectivity index (χ0v) is 21.9.